The Kier molecular flexibility index (Phi) is 5.71. The summed E-state index contributed by atoms with van der Waals surface area (Å²) in [7, 11) is 0. The summed E-state index contributed by atoms with van der Waals surface area (Å²) in [6.07, 6.45) is 0.905. The zero-order chi connectivity index (χ0) is 16.8. The summed E-state index contributed by atoms with van der Waals surface area (Å²) in [5.41, 5.74) is 2.29. The summed E-state index contributed by atoms with van der Waals surface area (Å²) < 4.78 is 0. The van der Waals surface area contributed by atoms with Gasteiger partial charge in [-0.15, -0.1) is 0 Å². The molecule has 1 heterocycles. The molecule has 0 saturated heterocycles. The van der Waals surface area contributed by atoms with Crippen LogP contribution in [0, 0.1) is 6.92 Å². The van der Waals surface area contributed by atoms with E-state index in [-0.39, 0.29) is 18.5 Å². The fraction of sp³-hybridized carbons (Fsp3) is 0.333. The van der Waals surface area contributed by atoms with E-state index in [1.54, 1.807) is 18.3 Å². The Hall–Kier alpha value is -2.40. The van der Waals surface area contributed by atoms with Gasteiger partial charge >= 0.3 is 0 Å². The smallest absolute Gasteiger partial charge is 0.255 e. The van der Waals surface area contributed by atoms with Crippen LogP contribution in [0.2, 0.25) is 0 Å². The number of aryl methyl sites for hydroxylation is 1. The van der Waals surface area contributed by atoms with Gasteiger partial charge in [0.2, 0.25) is 0 Å². The average Bonchev–Trinajstić information content (AvgIpc) is 2.52. The summed E-state index contributed by atoms with van der Waals surface area (Å²) in [5, 5.41) is 16.2. The van der Waals surface area contributed by atoms with E-state index in [0.717, 1.165) is 11.1 Å². The Bertz CT molecular complexity index is 671. The van der Waals surface area contributed by atoms with E-state index in [1.165, 1.54) is 0 Å². The number of carbonyl (C=O) groups excluding carboxylic acids is 1. The van der Waals surface area contributed by atoms with E-state index >= 15 is 0 Å². The third kappa shape index (κ3) is 4.53. The lowest BCUT2D eigenvalue weighted by Crippen LogP contribution is -2.30. The first-order chi connectivity index (χ1) is 11.0. The minimum atomic E-state index is -0.738. The van der Waals surface area contributed by atoms with Crippen LogP contribution in [0.5, 0.6) is 0 Å². The van der Waals surface area contributed by atoms with Crippen molar-refractivity contribution in [3.8, 4) is 0 Å². The quantitative estimate of drug-likeness (QED) is 0.766. The third-order valence-corrected chi connectivity index (χ3v) is 3.48. The molecule has 0 fully saturated rings. The first kappa shape index (κ1) is 17.0. The average molecular weight is 313 g/mol. The van der Waals surface area contributed by atoms with Crippen LogP contribution in [0.1, 0.15) is 41.4 Å². The Morgan fingerprint density at radius 3 is 2.65 bits per heavy atom. The Morgan fingerprint density at radius 2 is 1.96 bits per heavy atom. The number of aliphatic hydroxyl groups is 1. The van der Waals surface area contributed by atoms with Crippen molar-refractivity contribution in [1.82, 2.24) is 10.3 Å². The van der Waals surface area contributed by atoms with Crippen molar-refractivity contribution in [2.75, 3.05) is 11.9 Å². The molecule has 0 aliphatic heterocycles. The minimum absolute atomic E-state index is 0.152. The van der Waals surface area contributed by atoms with Gasteiger partial charge in [-0.1, -0.05) is 24.3 Å². The van der Waals surface area contributed by atoms with Gasteiger partial charge in [0, 0.05) is 18.8 Å². The van der Waals surface area contributed by atoms with Crippen molar-refractivity contribution in [1.29, 1.82) is 0 Å². The van der Waals surface area contributed by atoms with E-state index in [2.05, 4.69) is 15.6 Å². The van der Waals surface area contributed by atoms with Gasteiger partial charge in [-0.05, 0) is 44.0 Å². The van der Waals surface area contributed by atoms with Crippen molar-refractivity contribution in [3.63, 3.8) is 0 Å². The number of nitrogens with one attached hydrogen (secondary N) is 2. The van der Waals surface area contributed by atoms with E-state index in [9.17, 15) is 9.90 Å². The van der Waals surface area contributed by atoms with Gasteiger partial charge in [-0.2, -0.15) is 0 Å². The topological polar surface area (TPSA) is 74.2 Å². The predicted octanol–water partition coefficient (Wildman–Crippen LogP) is 2.67. The second-order valence-electron chi connectivity index (χ2n) is 5.78. The molecule has 0 spiro atoms. The lowest BCUT2D eigenvalue weighted by atomic mass is 10.0. The molecule has 5 nitrogen and oxygen atoms in total. The third-order valence-electron chi connectivity index (χ3n) is 3.48. The highest BCUT2D eigenvalue weighted by Crippen LogP contribution is 2.17. The number of hydrogen-bond donors (Lipinski definition) is 3. The molecule has 1 aromatic carbocycles. The SMILES string of the molecule is Cc1ccccc1C(O)CNC(=O)c1cccnc1NC(C)C. The lowest BCUT2D eigenvalue weighted by molar-refractivity contribution is 0.0916. The molecule has 5 heteroatoms. The monoisotopic (exact) mass is 313 g/mol. The highest BCUT2D eigenvalue weighted by atomic mass is 16.3. The minimum Gasteiger partial charge on any atom is -0.387 e. The molecule has 0 saturated carbocycles. The molecule has 2 aromatic rings. The van der Waals surface area contributed by atoms with Crippen LogP contribution < -0.4 is 10.6 Å². The molecule has 0 radical (unpaired) electrons. The van der Waals surface area contributed by atoms with Gasteiger partial charge in [-0.25, -0.2) is 4.98 Å². The predicted molar refractivity (Wildman–Crippen MR) is 91.5 cm³/mol. The fourth-order valence-electron chi connectivity index (χ4n) is 2.33. The van der Waals surface area contributed by atoms with E-state index in [4.69, 9.17) is 0 Å². The summed E-state index contributed by atoms with van der Waals surface area (Å²) in [6.45, 7) is 6.06. The maximum absolute atomic E-state index is 12.4. The first-order valence-corrected chi connectivity index (χ1v) is 7.72. The number of nitrogens with zero attached hydrogens (tertiary/aromatic N) is 1. The van der Waals surface area contributed by atoms with Crippen LogP contribution >= 0.6 is 0 Å². The highest BCUT2D eigenvalue weighted by molar-refractivity contribution is 5.98. The van der Waals surface area contributed by atoms with Gasteiger partial charge in [0.05, 0.1) is 11.7 Å². The van der Waals surface area contributed by atoms with Crippen LogP contribution in [0.25, 0.3) is 0 Å². The highest BCUT2D eigenvalue weighted by Gasteiger charge is 2.15. The molecular formula is C18H23N3O2. The maximum Gasteiger partial charge on any atom is 0.255 e. The molecule has 3 N–H and O–H groups in total. The van der Waals surface area contributed by atoms with E-state index in [1.807, 2.05) is 45.0 Å². The number of carbonyl (C=O) groups is 1. The van der Waals surface area contributed by atoms with E-state index < -0.39 is 6.10 Å². The number of aliphatic hydroxyl groups excluding tert-OH is 1. The van der Waals surface area contributed by atoms with Gasteiger partial charge in [0.15, 0.2) is 0 Å². The number of aromatic nitrogens is 1. The number of hydrogen-bond acceptors (Lipinski definition) is 4. The van der Waals surface area contributed by atoms with Gasteiger partial charge in [0.25, 0.3) is 5.91 Å². The number of rotatable bonds is 6. The summed E-state index contributed by atoms with van der Waals surface area (Å²) in [5.74, 6) is 0.291. The fourth-order valence-corrected chi connectivity index (χ4v) is 2.33. The largest absolute Gasteiger partial charge is 0.387 e. The van der Waals surface area contributed by atoms with Crippen molar-refractivity contribution in [2.24, 2.45) is 0 Å². The number of pyridine rings is 1. The first-order valence-electron chi connectivity index (χ1n) is 7.72. The molecule has 1 amide bonds. The zero-order valence-corrected chi connectivity index (χ0v) is 13.7. The van der Waals surface area contributed by atoms with Crippen LogP contribution in [0.4, 0.5) is 5.82 Å². The molecule has 1 atom stereocenters. The van der Waals surface area contributed by atoms with Gasteiger partial charge in [0.1, 0.15) is 5.82 Å². The second-order valence-corrected chi connectivity index (χ2v) is 5.78. The van der Waals surface area contributed by atoms with E-state index in [0.29, 0.717) is 11.4 Å². The van der Waals surface area contributed by atoms with Crippen LogP contribution in [0.3, 0.4) is 0 Å². The summed E-state index contributed by atoms with van der Waals surface area (Å²) >= 11 is 0. The molecule has 0 bridgehead atoms. The molecular weight excluding hydrogens is 290 g/mol. The normalized spacial score (nSPS) is 12.0. The van der Waals surface area contributed by atoms with Gasteiger partial charge in [-0.3, -0.25) is 4.79 Å². The van der Waals surface area contributed by atoms with Crippen molar-refractivity contribution in [3.05, 3.63) is 59.3 Å². The number of amides is 1. The summed E-state index contributed by atoms with van der Waals surface area (Å²) in [6, 6.07) is 11.2. The van der Waals surface area contributed by atoms with Crippen molar-refractivity contribution >= 4 is 11.7 Å². The molecule has 1 unspecified atom stereocenters. The number of benzene rings is 1. The lowest BCUT2D eigenvalue weighted by Gasteiger charge is -2.16. The van der Waals surface area contributed by atoms with Crippen molar-refractivity contribution in [2.45, 2.75) is 32.9 Å². The van der Waals surface area contributed by atoms with Crippen molar-refractivity contribution < 1.29 is 9.90 Å². The molecule has 1 aromatic heterocycles. The van der Waals surface area contributed by atoms with Crippen LogP contribution in [-0.4, -0.2) is 28.6 Å². The Labute approximate surface area is 136 Å². The maximum atomic E-state index is 12.4. The standard InChI is InChI=1S/C18H23N3O2/c1-12(2)21-17-15(9-6-10-19-17)18(23)20-11-16(22)14-8-5-4-7-13(14)3/h4-10,12,16,22H,11H2,1-3H3,(H,19,21)(H,20,23). The Balaban J connectivity index is 2.04. The zero-order valence-electron chi connectivity index (χ0n) is 13.7. The molecule has 2 rings (SSSR count). The molecule has 122 valence electrons. The van der Waals surface area contributed by atoms with Crippen LogP contribution in [-0.2, 0) is 0 Å². The van der Waals surface area contributed by atoms with Gasteiger partial charge < -0.3 is 15.7 Å². The van der Waals surface area contributed by atoms with Crippen LogP contribution in [0.15, 0.2) is 42.6 Å². The summed E-state index contributed by atoms with van der Waals surface area (Å²) in [4.78, 5) is 16.6. The second kappa shape index (κ2) is 7.74. The number of anilines is 1. The molecule has 0 aliphatic rings. The molecule has 23 heavy (non-hydrogen) atoms. The Morgan fingerprint density at radius 1 is 1.22 bits per heavy atom. The molecule has 0 aliphatic carbocycles.